The summed E-state index contributed by atoms with van der Waals surface area (Å²) in [5, 5.41) is 0. The van der Waals surface area contributed by atoms with Crippen LogP contribution in [0.15, 0.2) is 0 Å². The first-order valence-corrected chi connectivity index (χ1v) is 4.53. The number of hydrogen-bond donors (Lipinski definition) is 2. The van der Waals surface area contributed by atoms with Crippen LogP contribution in [0.2, 0.25) is 0 Å². The van der Waals surface area contributed by atoms with Crippen molar-refractivity contribution in [1.29, 1.82) is 0 Å². The van der Waals surface area contributed by atoms with Gasteiger partial charge in [0.25, 0.3) is 0 Å². The monoisotopic (exact) mass is 181 g/mol. The number of rotatable bonds is 3. The van der Waals surface area contributed by atoms with E-state index in [9.17, 15) is 13.2 Å². The van der Waals surface area contributed by atoms with Gasteiger partial charge in [-0.15, -0.1) is 0 Å². The average Bonchev–Trinajstić information content (AvgIpc) is 1.53. The van der Waals surface area contributed by atoms with E-state index in [1.165, 1.54) is 4.72 Å². The number of carbonyl (C=O) groups excluding carboxylic acids is 1. The average molecular weight is 181 g/mol. The fourth-order valence-corrected chi connectivity index (χ4v) is 0.927. The number of hydrogen-bond acceptors (Lipinski definition) is 3. The first-order chi connectivity index (χ1) is 4.81. The lowest BCUT2D eigenvalue weighted by Crippen LogP contribution is -2.30. The smallest absolute Gasteiger partial charge is 0.274 e. The topological polar surface area (TPSA) is 83.5 Å². The van der Waals surface area contributed by atoms with Crippen molar-refractivity contribution in [3.63, 3.8) is 0 Å². The van der Waals surface area contributed by atoms with Crippen LogP contribution in [0, 0.1) is 5.92 Å². The Balaban J connectivity index is 3.91. The van der Waals surface area contributed by atoms with Gasteiger partial charge in [0, 0.05) is 6.42 Å². The minimum Gasteiger partial charge on any atom is -0.274 e. The van der Waals surface area contributed by atoms with Gasteiger partial charge in [-0.2, -0.15) is 8.42 Å². The van der Waals surface area contributed by atoms with Gasteiger partial charge < -0.3 is 0 Å². The van der Waals surface area contributed by atoms with Crippen molar-refractivity contribution in [2.24, 2.45) is 5.92 Å². The van der Waals surface area contributed by atoms with E-state index in [4.69, 9.17) is 4.55 Å². The summed E-state index contributed by atoms with van der Waals surface area (Å²) < 4.78 is 29.7. The van der Waals surface area contributed by atoms with Crippen molar-refractivity contribution >= 4 is 16.2 Å². The quantitative estimate of drug-likeness (QED) is 0.598. The maximum Gasteiger partial charge on any atom is 0.359 e. The van der Waals surface area contributed by atoms with Gasteiger partial charge in [-0.25, -0.2) is 4.72 Å². The number of carbonyl (C=O) groups is 1. The molecule has 0 atom stereocenters. The third kappa shape index (κ3) is 7.27. The Morgan fingerprint density at radius 3 is 2.27 bits per heavy atom. The summed E-state index contributed by atoms with van der Waals surface area (Å²) in [4.78, 5) is 10.6. The summed E-state index contributed by atoms with van der Waals surface area (Å²) >= 11 is 0. The van der Waals surface area contributed by atoms with Gasteiger partial charge in [0.15, 0.2) is 0 Å². The van der Waals surface area contributed by atoms with Crippen LogP contribution in [0.4, 0.5) is 0 Å². The molecule has 0 bridgehead atoms. The second-order valence-electron chi connectivity index (χ2n) is 2.60. The van der Waals surface area contributed by atoms with Crippen LogP contribution in [0.5, 0.6) is 0 Å². The molecule has 0 heterocycles. The van der Waals surface area contributed by atoms with Crippen LogP contribution < -0.4 is 4.72 Å². The second-order valence-corrected chi connectivity index (χ2v) is 3.75. The third-order valence-corrected chi connectivity index (χ3v) is 1.32. The van der Waals surface area contributed by atoms with Crippen LogP contribution in [0.3, 0.4) is 0 Å². The van der Waals surface area contributed by atoms with E-state index in [1.807, 2.05) is 0 Å². The molecule has 0 unspecified atom stereocenters. The Morgan fingerprint density at radius 1 is 1.55 bits per heavy atom. The molecule has 66 valence electrons. The van der Waals surface area contributed by atoms with E-state index in [0.29, 0.717) is 0 Å². The maximum atomic E-state index is 10.6. The lowest BCUT2D eigenvalue weighted by atomic mass is 10.1. The zero-order chi connectivity index (χ0) is 9.07. The van der Waals surface area contributed by atoms with E-state index >= 15 is 0 Å². The van der Waals surface area contributed by atoms with Gasteiger partial charge in [0.05, 0.1) is 0 Å². The summed E-state index contributed by atoms with van der Waals surface area (Å²) in [6, 6.07) is 0. The van der Waals surface area contributed by atoms with Gasteiger partial charge >= 0.3 is 10.3 Å². The molecule has 0 saturated heterocycles. The molecule has 0 aliphatic rings. The van der Waals surface area contributed by atoms with Crippen LogP contribution in [0.1, 0.15) is 20.3 Å². The molecule has 0 radical (unpaired) electrons. The molecule has 5 nitrogen and oxygen atoms in total. The zero-order valence-electron chi connectivity index (χ0n) is 6.36. The Labute approximate surface area is 65.7 Å². The highest BCUT2D eigenvalue weighted by Gasteiger charge is 2.10. The standard InChI is InChI=1S/C5H11NO4S/c1-4(2)3-5(7)6-11(8,9)10/h4H,3H2,1-2H3,(H,6,7)(H,8,9,10). The predicted molar refractivity (Wildman–Crippen MR) is 39.1 cm³/mol. The number of amides is 1. The van der Waals surface area contributed by atoms with Gasteiger partial charge in [-0.05, 0) is 5.92 Å². The van der Waals surface area contributed by atoms with Gasteiger partial charge in [-0.1, -0.05) is 13.8 Å². The Bertz CT molecular complexity index is 231. The van der Waals surface area contributed by atoms with Crippen molar-refractivity contribution in [3.05, 3.63) is 0 Å². The van der Waals surface area contributed by atoms with E-state index in [2.05, 4.69) is 0 Å². The molecule has 1 amide bonds. The fourth-order valence-electron chi connectivity index (χ4n) is 0.556. The molecule has 0 aliphatic carbocycles. The molecule has 0 rings (SSSR count). The molecule has 0 fully saturated rings. The first kappa shape index (κ1) is 10.4. The van der Waals surface area contributed by atoms with E-state index < -0.39 is 16.2 Å². The Hall–Kier alpha value is -0.620. The van der Waals surface area contributed by atoms with E-state index in [-0.39, 0.29) is 12.3 Å². The first-order valence-electron chi connectivity index (χ1n) is 3.09. The highest BCUT2D eigenvalue weighted by atomic mass is 32.2. The van der Waals surface area contributed by atoms with Crippen molar-refractivity contribution < 1.29 is 17.8 Å². The molecule has 0 aromatic heterocycles. The molecule has 0 aromatic carbocycles. The molecule has 0 aliphatic heterocycles. The normalized spacial score (nSPS) is 11.6. The molecule has 0 saturated carbocycles. The molecule has 0 spiro atoms. The Kier molecular flexibility index (Phi) is 3.47. The maximum absolute atomic E-state index is 10.6. The Morgan fingerprint density at radius 2 is 2.00 bits per heavy atom. The fraction of sp³-hybridized carbons (Fsp3) is 0.800. The van der Waals surface area contributed by atoms with Crippen molar-refractivity contribution in [3.8, 4) is 0 Å². The lowest BCUT2D eigenvalue weighted by molar-refractivity contribution is -0.120. The van der Waals surface area contributed by atoms with Crippen LogP contribution in [-0.2, 0) is 15.1 Å². The molecular formula is C5H11NO4S. The van der Waals surface area contributed by atoms with Gasteiger partial charge in [0.1, 0.15) is 0 Å². The lowest BCUT2D eigenvalue weighted by Gasteiger charge is -2.02. The summed E-state index contributed by atoms with van der Waals surface area (Å²) in [5.74, 6) is -0.626. The largest absolute Gasteiger partial charge is 0.359 e. The zero-order valence-corrected chi connectivity index (χ0v) is 7.18. The molecular weight excluding hydrogens is 170 g/mol. The van der Waals surface area contributed by atoms with E-state index in [0.717, 1.165) is 0 Å². The highest BCUT2D eigenvalue weighted by Crippen LogP contribution is 1.98. The summed E-state index contributed by atoms with van der Waals surface area (Å²) in [6.45, 7) is 3.53. The molecule has 2 N–H and O–H groups in total. The van der Waals surface area contributed by atoms with Gasteiger partial charge in [-0.3, -0.25) is 9.35 Å². The van der Waals surface area contributed by atoms with Crippen molar-refractivity contribution in [2.75, 3.05) is 0 Å². The minimum absolute atomic E-state index is 0.0664. The molecule has 6 heteroatoms. The minimum atomic E-state index is -4.37. The number of nitrogens with one attached hydrogen (secondary N) is 1. The van der Waals surface area contributed by atoms with E-state index in [1.54, 1.807) is 13.8 Å². The van der Waals surface area contributed by atoms with Crippen molar-refractivity contribution in [2.45, 2.75) is 20.3 Å². The van der Waals surface area contributed by atoms with Crippen LogP contribution in [0.25, 0.3) is 0 Å². The molecule has 11 heavy (non-hydrogen) atoms. The van der Waals surface area contributed by atoms with Crippen molar-refractivity contribution in [1.82, 2.24) is 4.72 Å². The second kappa shape index (κ2) is 3.68. The summed E-state index contributed by atoms with van der Waals surface area (Å²) in [7, 11) is -4.37. The summed E-state index contributed by atoms with van der Waals surface area (Å²) in [5.41, 5.74) is 0. The van der Waals surface area contributed by atoms with Gasteiger partial charge in [0.2, 0.25) is 5.91 Å². The highest BCUT2D eigenvalue weighted by molar-refractivity contribution is 7.84. The SMILES string of the molecule is CC(C)CC(=O)NS(=O)(=O)O. The third-order valence-electron chi connectivity index (χ3n) is 0.836. The predicted octanol–water partition coefficient (Wildman–Crippen LogP) is -0.0485. The van der Waals surface area contributed by atoms with Crippen LogP contribution >= 0.6 is 0 Å². The summed E-state index contributed by atoms with van der Waals surface area (Å²) in [6.07, 6.45) is 0.0831. The van der Waals surface area contributed by atoms with Crippen LogP contribution in [-0.4, -0.2) is 18.9 Å². The molecule has 0 aromatic rings.